The van der Waals surface area contributed by atoms with Crippen LogP contribution < -0.4 is 21.0 Å². The van der Waals surface area contributed by atoms with Crippen LogP contribution in [0.3, 0.4) is 0 Å². The van der Waals surface area contributed by atoms with E-state index in [0.717, 1.165) is 32.2 Å². The van der Waals surface area contributed by atoms with Crippen LogP contribution in [-0.4, -0.2) is 52.2 Å². The maximum atomic E-state index is 12.0. The smallest absolute Gasteiger partial charge is 0.329 e. The van der Waals surface area contributed by atoms with E-state index < -0.39 is 17.9 Å². The Balaban J connectivity index is 1.83. The summed E-state index contributed by atoms with van der Waals surface area (Å²) in [6, 6.07) is 0. The standard InChI is InChI=1S/C17H30N4O4/c1-4-12(22)13(23)9-7-5-6-8-10-21-11-19(2)14-15(24)18-17(25)20(3)16(14)21/h12-13,22-23H,4-11H2,1-3H3,(H,18,24,25). The molecule has 1 aliphatic rings. The summed E-state index contributed by atoms with van der Waals surface area (Å²) in [5.74, 6) is 0.678. The third-order valence-electron chi connectivity index (χ3n) is 4.87. The average Bonchev–Trinajstić information content (AvgIpc) is 2.91. The molecule has 0 radical (unpaired) electrons. The van der Waals surface area contributed by atoms with Gasteiger partial charge in [-0.1, -0.05) is 26.2 Å². The zero-order valence-corrected chi connectivity index (χ0v) is 15.4. The van der Waals surface area contributed by atoms with Crippen molar-refractivity contribution in [2.45, 2.75) is 57.7 Å². The Morgan fingerprint density at radius 3 is 2.44 bits per heavy atom. The summed E-state index contributed by atoms with van der Waals surface area (Å²) >= 11 is 0. The van der Waals surface area contributed by atoms with Gasteiger partial charge in [-0.15, -0.1) is 0 Å². The van der Waals surface area contributed by atoms with Crippen LogP contribution in [0.4, 0.5) is 11.5 Å². The number of aliphatic hydroxyl groups is 2. The van der Waals surface area contributed by atoms with Crippen LogP contribution in [0.15, 0.2) is 9.59 Å². The zero-order chi connectivity index (χ0) is 18.6. The predicted octanol–water partition coefficient (Wildman–Crippen LogP) is 0.370. The van der Waals surface area contributed by atoms with Gasteiger partial charge in [0.15, 0.2) is 0 Å². The molecule has 3 N–H and O–H groups in total. The van der Waals surface area contributed by atoms with Crippen molar-refractivity contribution in [2.24, 2.45) is 7.05 Å². The van der Waals surface area contributed by atoms with Crippen molar-refractivity contribution in [3.63, 3.8) is 0 Å². The Morgan fingerprint density at radius 1 is 1.08 bits per heavy atom. The van der Waals surface area contributed by atoms with Gasteiger partial charge in [-0.25, -0.2) is 4.79 Å². The molecule has 2 heterocycles. The number of aromatic amines is 1. The van der Waals surface area contributed by atoms with Gasteiger partial charge in [0, 0.05) is 20.6 Å². The first kappa shape index (κ1) is 19.5. The molecule has 0 spiro atoms. The fraction of sp³-hybridized carbons (Fsp3) is 0.765. The maximum Gasteiger partial charge on any atom is 0.329 e. The van der Waals surface area contributed by atoms with Gasteiger partial charge in [-0.3, -0.25) is 14.3 Å². The average molecular weight is 354 g/mol. The van der Waals surface area contributed by atoms with E-state index in [9.17, 15) is 19.8 Å². The Kier molecular flexibility index (Phi) is 6.66. The molecule has 2 unspecified atom stereocenters. The lowest BCUT2D eigenvalue weighted by Gasteiger charge is -2.20. The van der Waals surface area contributed by atoms with Gasteiger partial charge < -0.3 is 20.0 Å². The number of rotatable bonds is 9. The fourth-order valence-corrected chi connectivity index (χ4v) is 3.35. The van der Waals surface area contributed by atoms with Crippen LogP contribution in [0.25, 0.3) is 0 Å². The number of H-pyrrole nitrogens is 1. The summed E-state index contributed by atoms with van der Waals surface area (Å²) in [6.07, 6.45) is 3.74. The Morgan fingerprint density at radius 2 is 1.76 bits per heavy atom. The van der Waals surface area contributed by atoms with Crippen molar-refractivity contribution in [1.82, 2.24) is 9.55 Å². The molecule has 1 aromatic heterocycles. The van der Waals surface area contributed by atoms with E-state index in [4.69, 9.17) is 0 Å². The van der Waals surface area contributed by atoms with E-state index in [1.165, 1.54) is 4.57 Å². The summed E-state index contributed by atoms with van der Waals surface area (Å²) in [4.78, 5) is 30.1. The number of fused-ring (bicyclic) bond motifs is 1. The molecule has 2 atom stereocenters. The van der Waals surface area contributed by atoms with Crippen molar-refractivity contribution in [2.75, 3.05) is 30.1 Å². The van der Waals surface area contributed by atoms with E-state index in [0.29, 0.717) is 31.0 Å². The van der Waals surface area contributed by atoms with Gasteiger partial charge >= 0.3 is 5.69 Å². The lowest BCUT2D eigenvalue weighted by Crippen LogP contribution is -2.32. The molecule has 1 aliphatic heterocycles. The molecule has 0 fully saturated rings. The highest BCUT2D eigenvalue weighted by atomic mass is 16.3. The molecular weight excluding hydrogens is 324 g/mol. The van der Waals surface area contributed by atoms with Crippen LogP contribution in [0.5, 0.6) is 0 Å². The van der Waals surface area contributed by atoms with E-state index in [1.54, 1.807) is 7.05 Å². The number of aromatic nitrogens is 2. The van der Waals surface area contributed by atoms with Crippen LogP contribution >= 0.6 is 0 Å². The van der Waals surface area contributed by atoms with Gasteiger partial charge in [0.2, 0.25) is 0 Å². The van der Waals surface area contributed by atoms with Crippen LogP contribution in [-0.2, 0) is 7.05 Å². The molecule has 8 nitrogen and oxygen atoms in total. The minimum absolute atomic E-state index is 0.341. The molecule has 142 valence electrons. The van der Waals surface area contributed by atoms with Gasteiger partial charge in [-0.2, -0.15) is 0 Å². The molecule has 8 heteroatoms. The third kappa shape index (κ3) is 4.43. The highest BCUT2D eigenvalue weighted by molar-refractivity contribution is 5.71. The fourth-order valence-electron chi connectivity index (χ4n) is 3.35. The Labute approximate surface area is 147 Å². The second-order valence-electron chi connectivity index (χ2n) is 6.84. The largest absolute Gasteiger partial charge is 0.390 e. The molecule has 0 saturated carbocycles. The molecule has 2 rings (SSSR count). The molecular formula is C17H30N4O4. The zero-order valence-electron chi connectivity index (χ0n) is 15.4. The summed E-state index contributed by atoms with van der Waals surface area (Å²) in [5.41, 5.74) is -0.196. The van der Waals surface area contributed by atoms with Crippen molar-refractivity contribution in [3.05, 3.63) is 20.8 Å². The second-order valence-corrected chi connectivity index (χ2v) is 6.84. The van der Waals surface area contributed by atoms with Crippen molar-refractivity contribution in [3.8, 4) is 0 Å². The summed E-state index contributed by atoms with van der Waals surface area (Å²) in [6.45, 7) is 3.22. The number of hydrogen-bond donors (Lipinski definition) is 3. The Hall–Kier alpha value is -1.80. The molecule has 0 bridgehead atoms. The summed E-state index contributed by atoms with van der Waals surface area (Å²) in [5, 5.41) is 19.3. The molecule has 0 aliphatic carbocycles. The van der Waals surface area contributed by atoms with E-state index in [-0.39, 0.29) is 5.56 Å². The minimum Gasteiger partial charge on any atom is -0.390 e. The molecule has 1 aromatic rings. The number of nitrogens with zero attached hydrogens (tertiary/aromatic N) is 3. The maximum absolute atomic E-state index is 12.0. The third-order valence-corrected chi connectivity index (χ3v) is 4.87. The molecule has 25 heavy (non-hydrogen) atoms. The highest BCUT2D eigenvalue weighted by Gasteiger charge is 2.28. The summed E-state index contributed by atoms with van der Waals surface area (Å²) in [7, 11) is 3.52. The quantitative estimate of drug-likeness (QED) is 0.554. The number of aliphatic hydroxyl groups excluding tert-OH is 2. The van der Waals surface area contributed by atoms with Crippen LogP contribution in [0, 0.1) is 0 Å². The molecule has 0 amide bonds. The normalized spacial score (nSPS) is 16.2. The van der Waals surface area contributed by atoms with Crippen LogP contribution in [0.2, 0.25) is 0 Å². The van der Waals surface area contributed by atoms with E-state index >= 15 is 0 Å². The van der Waals surface area contributed by atoms with Gasteiger partial charge in [0.05, 0.1) is 18.9 Å². The van der Waals surface area contributed by atoms with E-state index in [2.05, 4.69) is 9.88 Å². The van der Waals surface area contributed by atoms with Gasteiger partial charge in [0.1, 0.15) is 11.5 Å². The summed E-state index contributed by atoms with van der Waals surface area (Å²) < 4.78 is 1.49. The van der Waals surface area contributed by atoms with Gasteiger partial charge in [-0.05, 0) is 19.3 Å². The van der Waals surface area contributed by atoms with E-state index in [1.807, 2.05) is 18.9 Å². The minimum atomic E-state index is -0.634. The first-order chi connectivity index (χ1) is 11.9. The SMILES string of the molecule is CCC(O)C(O)CCCCCCN1CN(C)c2c1n(C)c(=O)[nH]c2=O. The first-order valence-electron chi connectivity index (χ1n) is 9.02. The number of hydrogen-bond acceptors (Lipinski definition) is 6. The molecule has 0 aromatic carbocycles. The second kappa shape index (κ2) is 8.53. The number of nitrogens with one attached hydrogen (secondary N) is 1. The lowest BCUT2D eigenvalue weighted by atomic mass is 10.0. The number of anilines is 2. The van der Waals surface area contributed by atoms with Gasteiger partial charge in [0.25, 0.3) is 5.56 Å². The predicted molar refractivity (Wildman–Crippen MR) is 98.3 cm³/mol. The first-order valence-corrected chi connectivity index (χ1v) is 9.02. The monoisotopic (exact) mass is 354 g/mol. The Bertz CT molecular complexity index is 684. The lowest BCUT2D eigenvalue weighted by molar-refractivity contribution is 0.0114. The van der Waals surface area contributed by atoms with Crippen molar-refractivity contribution < 1.29 is 10.2 Å². The molecule has 0 saturated heterocycles. The van der Waals surface area contributed by atoms with Crippen molar-refractivity contribution >= 4 is 11.5 Å². The number of unbranched alkanes of at least 4 members (excludes halogenated alkanes) is 3. The topological polar surface area (TPSA) is 102 Å². The van der Waals surface area contributed by atoms with Crippen LogP contribution in [0.1, 0.15) is 45.4 Å². The van der Waals surface area contributed by atoms with Crippen molar-refractivity contribution in [1.29, 1.82) is 0 Å². The highest BCUT2D eigenvalue weighted by Crippen LogP contribution is 2.29.